The van der Waals surface area contributed by atoms with Crippen LogP contribution in [-0.2, 0) is 17.8 Å². The summed E-state index contributed by atoms with van der Waals surface area (Å²) in [4.78, 5) is 15.6. The Balaban J connectivity index is 1.76. The maximum absolute atomic E-state index is 12.7. The monoisotopic (exact) mass is 417 g/mol. The normalized spacial score (nSPS) is 10.9. The van der Waals surface area contributed by atoms with E-state index in [4.69, 9.17) is 0 Å². The zero-order chi connectivity index (χ0) is 18.0. The number of aryl methyl sites for hydroxylation is 1. The molecule has 0 N–H and O–H groups in total. The zero-order valence-corrected chi connectivity index (χ0v) is 16.9. The number of halogens is 1. The lowest BCUT2D eigenvalue weighted by Crippen LogP contribution is -2.27. The van der Waals surface area contributed by atoms with Crippen molar-refractivity contribution in [2.24, 2.45) is 0 Å². The number of aromatic nitrogens is 2. The van der Waals surface area contributed by atoms with Crippen LogP contribution in [0.3, 0.4) is 0 Å². The topological polar surface area (TPSA) is 38.1 Å². The lowest BCUT2D eigenvalue weighted by molar-refractivity contribution is -0.129. The molecule has 2 aromatic heterocycles. The number of benzene rings is 1. The number of amides is 1. The zero-order valence-electron chi connectivity index (χ0n) is 14.5. The van der Waals surface area contributed by atoms with Crippen LogP contribution < -0.4 is 0 Å². The Labute approximate surface area is 160 Å². The Morgan fingerprint density at radius 1 is 1.20 bits per heavy atom. The summed E-state index contributed by atoms with van der Waals surface area (Å²) in [6.45, 7) is 4.61. The molecule has 0 saturated heterocycles. The summed E-state index contributed by atoms with van der Waals surface area (Å²) in [5.74, 6) is 0.100. The van der Waals surface area contributed by atoms with Gasteiger partial charge in [0.25, 0.3) is 0 Å². The Hall–Kier alpha value is -1.92. The van der Waals surface area contributed by atoms with E-state index in [1.807, 2.05) is 68.0 Å². The van der Waals surface area contributed by atoms with Gasteiger partial charge in [0.1, 0.15) is 0 Å². The molecule has 0 spiro atoms. The number of hydrogen-bond acceptors (Lipinski definition) is 3. The van der Waals surface area contributed by atoms with Crippen molar-refractivity contribution in [1.82, 2.24) is 14.7 Å². The van der Waals surface area contributed by atoms with Gasteiger partial charge in [0, 0.05) is 23.2 Å². The van der Waals surface area contributed by atoms with E-state index in [9.17, 15) is 4.79 Å². The Kier molecular flexibility index (Phi) is 5.39. The van der Waals surface area contributed by atoms with E-state index in [2.05, 4.69) is 21.0 Å². The molecule has 0 fully saturated rings. The summed E-state index contributed by atoms with van der Waals surface area (Å²) in [5.41, 5.74) is 3.94. The average Bonchev–Trinajstić information content (AvgIpc) is 3.13. The first-order chi connectivity index (χ1) is 12.0. The highest BCUT2D eigenvalue weighted by Crippen LogP contribution is 2.24. The first kappa shape index (κ1) is 17.9. The minimum Gasteiger partial charge on any atom is -0.340 e. The van der Waals surface area contributed by atoms with Crippen LogP contribution in [0.5, 0.6) is 0 Å². The van der Waals surface area contributed by atoms with E-state index < -0.39 is 0 Å². The number of carbonyl (C=O) groups excluding carboxylic acids is 1. The summed E-state index contributed by atoms with van der Waals surface area (Å²) in [5, 5.41) is 4.62. The highest BCUT2D eigenvalue weighted by atomic mass is 79.9. The fourth-order valence-electron chi connectivity index (χ4n) is 2.80. The minimum absolute atomic E-state index is 0.100. The van der Waals surface area contributed by atoms with Crippen LogP contribution in [0.15, 0.2) is 46.3 Å². The Bertz CT molecular complexity index is 885. The van der Waals surface area contributed by atoms with Gasteiger partial charge in [0.15, 0.2) is 0 Å². The van der Waals surface area contributed by atoms with Crippen LogP contribution in [0.2, 0.25) is 0 Å². The lowest BCUT2D eigenvalue weighted by atomic mass is 10.1. The fraction of sp³-hybridized carbons (Fsp3) is 0.263. The highest BCUT2D eigenvalue weighted by Gasteiger charge is 2.18. The first-order valence-corrected chi connectivity index (χ1v) is 9.65. The van der Waals surface area contributed by atoms with Gasteiger partial charge in [-0.05, 0) is 54.0 Å². The van der Waals surface area contributed by atoms with Gasteiger partial charge in [-0.2, -0.15) is 5.10 Å². The number of nitrogens with zero attached hydrogens (tertiary/aromatic N) is 3. The SMILES string of the molecule is Cc1nn(-c2ccccc2)c(C)c1CC(=O)N(C)Cc1ccc(Br)s1. The van der Waals surface area contributed by atoms with Crippen molar-refractivity contribution < 1.29 is 4.79 Å². The third kappa shape index (κ3) is 4.02. The number of thiophene rings is 1. The maximum atomic E-state index is 12.7. The van der Waals surface area contributed by atoms with Crippen molar-refractivity contribution in [1.29, 1.82) is 0 Å². The molecular formula is C19H20BrN3OS. The molecule has 0 radical (unpaired) electrons. The number of rotatable bonds is 5. The summed E-state index contributed by atoms with van der Waals surface area (Å²) >= 11 is 5.11. The summed E-state index contributed by atoms with van der Waals surface area (Å²) in [7, 11) is 1.85. The van der Waals surface area contributed by atoms with Crippen LogP contribution in [0.25, 0.3) is 5.69 Å². The molecule has 130 valence electrons. The molecule has 0 aliphatic heterocycles. The third-order valence-electron chi connectivity index (χ3n) is 4.22. The van der Waals surface area contributed by atoms with Gasteiger partial charge in [0.05, 0.1) is 28.1 Å². The molecule has 3 rings (SSSR count). The molecule has 0 aliphatic carbocycles. The molecule has 2 heterocycles. The fourth-order valence-corrected chi connectivity index (χ4v) is 4.33. The van der Waals surface area contributed by atoms with Gasteiger partial charge in [-0.1, -0.05) is 18.2 Å². The molecule has 1 aromatic carbocycles. The van der Waals surface area contributed by atoms with Crippen LogP contribution >= 0.6 is 27.3 Å². The van der Waals surface area contributed by atoms with Crippen molar-refractivity contribution in [2.45, 2.75) is 26.8 Å². The van der Waals surface area contributed by atoms with Crippen LogP contribution in [-0.4, -0.2) is 27.6 Å². The first-order valence-electron chi connectivity index (χ1n) is 8.04. The van der Waals surface area contributed by atoms with Gasteiger partial charge in [-0.25, -0.2) is 4.68 Å². The maximum Gasteiger partial charge on any atom is 0.227 e. The van der Waals surface area contributed by atoms with E-state index in [0.717, 1.165) is 31.3 Å². The molecule has 25 heavy (non-hydrogen) atoms. The predicted octanol–water partition coefficient (Wildman–Crippen LogP) is 4.51. The molecule has 4 nitrogen and oxygen atoms in total. The van der Waals surface area contributed by atoms with Crippen LogP contribution in [0.4, 0.5) is 0 Å². The van der Waals surface area contributed by atoms with E-state index in [1.165, 1.54) is 0 Å². The van der Waals surface area contributed by atoms with Crippen molar-refractivity contribution in [3.05, 3.63) is 68.1 Å². The van der Waals surface area contributed by atoms with Gasteiger partial charge in [-0.15, -0.1) is 11.3 Å². The molecule has 0 bridgehead atoms. The number of likely N-dealkylation sites (N-methyl/N-ethyl adjacent to an activating group) is 1. The molecule has 1 amide bonds. The van der Waals surface area contributed by atoms with Gasteiger partial charge < -0.3 is 4.90 Å². The third-order valence-corrected chi connectivity index (χ3v) is 5.83. The number of hydrogen-bond donors (Lipinski definition) is 0. The molecular weight excluding hydrogens is 398 g/mol. The van der Waals surface area contributed by atoms with Gasteiger partial charge >= 0.3 is 0 Å². The molecule has 3 aromatic rings. The Morgan fingerprint density at radius 3 is 2.56 bits per heavy atom. The molecule has 0 atom stereocenters. The standard InChI is InChI=1S/C19H20BrN3OS/c1-13-17(14(2)23(21-13)15-7-5-4-6-8-15)11-19(24)22(3)12-16-9-10-18(20)25-16/h4-10H,11-12H2,1-3H3. The van der Waals surface area contributed by atoms with E-state index in [0.29, 0.717) is 13.0 Å². The average molecular weight is 418 g/mol. The van der Waals surface area contributed by atoms with E-state index in [1.54, 1.807) is 16.2 Å². The van der Waals surface area contributed by atoms with Crippen LogP contribution in [0.1, 0.15) is 21.8 Å². The molecule has 0 unspecified atom stereocenters. The molecule has 0 aliphatic rings. The van der Waals surface area contributed by atoms with Crippen LogP contribution in [0, 0.1) is 13.8 Å². The second-order valence-electron chi connectivity index (χ2n) is 6.03. The highest BCUT2D eigenvalue weighted by molar-refractivity contribution is 9.11. The van der Waals surface area contributed by atoms with Gasteiger partial charge in [0.2, 0.25) is 5.91 Å². The van der Waals surface area contributed by atoms with Crippen molar-refractivity contribution in [3.8, 4) is 5.69 Å². The molecule has 6 heteroatoms. The lowest BCUT2D eigenvalue weighted by Gasteiger charge is -2.16. The molecule has 0 saturated carbocycles. The van der Waals surface area contributed by atoms with Crippen molar-refractivity contribution >= 4 is 33.2 Å². The predicted molar refractivity (Wildman–Crippen MR) is 105 cm³/mol. The van der Waals surface area contributed by atoms with Crippen molar-refractivity contribution in [3.63, 3.8) is 0 Å². The van der Waals surface area contributed by atoms with Gasteiger partial charge in [-0.3, -0.25) is 4.79 Å². The second-order valence-corrected chi connectivity index (χ2v) is 8.58. The van der Waals surface area contributed by atoms with E-state index in [-0.39, 0.29) is 5.91 Å². The van der Waals surface area contributed by atoms with Crippen molar-refractivity contribution in [2.75, 3.05) is 7.05 Å². The minimum atomic E-state index is 0.100. The number of para-hydroxylation sites is 1. The quantitative estimate of drug-likeness (QED) is 0.611. The summed E-state index contributed by atoms with van der Waals surface area (Å²) < 4.78 is 2.99. The Morgan fingerprint density at radius 2 is 1.92 bits per heavy atom. The van der Waals surface area contributed by atoms with E-state index >= 15 is 0 Å². The largest absolute Gasteiger partial charge is 0.340 e. The smallest absolute Gasteiger partial charge is 0.227 e. The second kappa shape index (κ2) is 7.54. The summed E-state index contributed by atoms with van der Waals surface area (Å²) in [6.07, 6.45) is 0.369. The summed E-state index contributed by atoms with van der Waals surface area (Å²) in [6, 6.07) is 14.1. The number of carbonyl (C=O) groups is 1.